The van der Waals surface area contributed by atoms with Gasteiger partial charge in [-0.25, -0.2) is 0 Å². The molecule has 2 aromatic rings. The molecule has 1 N–H and O–H groups in total. The largest absolute Gasteiger partial charge is 0.466 e. The Morgan fingerprint density at radius 1 is 1.22 bits per heavy atom. The van der Waals surface area contributed by atoms with Crippen molar-refractivity contribution < 1.29 is 4.42 Å². The molecule has 0 radical (unpaired) electrons. The summed E-state index contributed by atoms with van der Waals surface area (Å²) in [6.07, 6.45) is 2.78. The lowest BCUT2D eigenvalue weighted by Gasteiger charge is -2.25. The van der Waals surface area contributed by atoms with E-state index >= 15 is 0 Å². The molecule has 0 fully saturated rings. The molecule has 2 atom stereocenters. The first-order chi connectivity index (χ1) is 8.77. The van der Waals surface area contributed by atoms with Crippen molar-refractivity contribution in [2.24, 2.45) is 0 Å². The van der Waals surface area contributed by atoms with Crippen molar-refractivity contribution in [2.45, 2.75) is 25.3 Å². The standard InChI is InChI=1S/C15H18BrNO/c1-3-12(11-7-5-4-6-8-11)14(17-2)15-13(16)9-10-18-15/h4-10,12,14,17H,3H2,1-2H3. The average molecular weight is 308 g/mol. The zero-order valence-electron chi connectivity index (χ0n) is 10.7. The highest BCUT2D eigenvalue weighted by atomic mass is 79.9. The van der Waals surface area contributed by atoms with Crippen molar-refractivity contribution >= 4 is 15.9 Å². The summed E-state index contributed by atoms with van der Waals surface area (Å²) in [6, 6.07) is 12.7. The maximum atomic E-state index is 5.61. The SMILES string of the molecule is CCC(c1ccccc1)C(NC)c1occc1Br. The normalized spacial score (nSPS) is 14.4. The minimum Gasteiger partial charge on any atom is -0.466 e. The van der Waals surface area contributed by atoms with Crippen molar-refractivity contribution in [2.75, 3.05) is 7.05 Å². The van der Waals surface area contributed by atoms with Crippen LogP contribution in [0.1, 0.15) is 36.6 Å². The van der Waals surface area contributed by atoms with Gasteiger partial charge in [0.05, 0.1) is 16.8 Å². The smallest absolute Gasteiger partial charge is 0.135 e. The number of nitrogens with one attached hydrogen (secondary N) is 1. The van der Waals surface area contributed by atoms with Gasteiger partial charge in [0.15, 0.2) is 0 Å². The number of halogens is 1. The summed E-state index contributed by atoms with van der Waals surface area (Å²) in [4.78, 5) is 0. The Hall–Kier alpha value is -1.06. The van der Waals surface area contributed by atoms with Gasteiger partial charge in [0, 0.05) is 5.92 Å². The van der Waals surface area contributed by atoms with Gasteiger partial charge in [-0.3, -0.25) is 0 Å². The number of hydrogen-bond donors (Lipinski definition) is 1. The molecule has 2 nitrogen and oxygen atoms in total. The molecule has 1 heterocycles. The van der Waals surface area contributed by atoms with Crippen molar-refractivity contribution in [1.82, 2.24) is 5.32 Å². The number of furan rings is 1. The fourth-order valence-electron chi connectivity index (χ4n) is 2.41. The second-order valence-corrected chi connectivity index (χ2v) is 5.18. The third-order valence-electron chi connectivity index (χ3n) is 3.31. The molecule has 0 aliphatic rings. The minimum atomic E-state index is 0.182. The second kappa shape index (κ2) is 6.21. The van der Waals surface area contributed by atoms with Gasteiger partial charge in [0.25, 0.3) is 0 Å². The summed E-state index contributed by atoms with van der Waals surface area (Å²) >= 11 is 3.54. The summed E-state index contributed by atoms with van der Waals surface area (Å²) in [5, 5.41) is 3.37. The number of likely N-dealkylation sites (N-methyl/N-ethyl adjacent to an activating group) is 1. The van der Waals surface area contributed by atoms with E-state index in [0.29, 0.717) is 5.92 Å². The molecule has 2 rings (SSSR count). The fourth-order valence-corrected chi connectivity index (χ4v) is 2.85. The summed E-state index contributed by atoms with van der Waals surface area (Å²) in [6.45, 7) is 2.21. The van der Waals surface area contributed by atoms with Crippen LogP contribution in [0.15, 0.2) is 51.6 Å². The molecule has 3 heteroatoms. The predicted molar refractivity (Wildman–Crippen MR) is 77.7 cm³/mol. The molecular weight excluding hydrogens is 290 g/mol. The number of hydrogen-bond acceptors (Lipinski definition) is 2. The Kier molecular flexibility index (Phi) is 4.61. The van der Waals surface area contributed by atoms with E-state index in [1.165, 1.54) is 5.56 Å². The Labute approximate surface area is 117 Å². The van der Waals surface area contributed by atoms with Crippen LogP contribution in [0, 0.1) is 0 Å². The molecular formula is C15H18BrNO. The molecule has 1 aromatic heterocycles. The average Bonchev–Trinajstić information content (AvgIpc) is 2.83. The van der Waals surface area contributed by atoms with Crippen molar-refractivity contribution in [3.05, 3.63) is 58.5 Å². The molecule has 0 saturated carbocycles. The summed E-state index contributed by atoms with van der Waals surface area (Å²) in [5.74, 6) is 1.37. The van der Waals surface area contributed by atoms with Crippen LogP contribution in [-0.2, 0) is 0 Å². The fraction of sp³-hybridized carbons (Fsp3) is 0.333. The van der Waals surface area contributed by atoms with Crippen molar-refractivity contribution in [3.8, 4) is 0 Å². The molecule has 0 bridgehead atoms. The Bertz CT molecular complexity index is 480. The lowest BCUT2D eigenvalue weighted by molar-refractivity contribution is 0.375. The molecule has 2 unspecified atom stereocenters. The van der Waals surface area contributed by atoms with E-state index in [9.17, 15) is 0 Å². The molecule has 0 saturated heterocycles. The topological polar surface area (TPSA) is 25.2 Å². The van der Waals surface area contributed by atoms with Crippen LogP contribution < -0.4 is 5.32 Å². The third kappa shape index (κ3) is 2.68. The molecule has 18 heavy (non-hydrogen) atoms. The molecule has 0 amide bonds. The highest BCUT2D eigenvalue weighted by Crippen LogP contribution is 2.36. The zero-order valence-corrected chi connectivity index (χ0v) is 12.3. The van der Waals surface area contributed by atoms with Gasteiger partial charge < -0.3 is 9.73 Å². The molecule has 96 valence electrons. The van der Waals surface area contributed by atoms with E-state index in [4.69, 9.17) is 4.42 Å². The maximum absolute atomic E-state index is 5.61. The number of benzene rings is 1. The minimum absolute atomic E-state index is 0.182. The Balaban J connectivity index is 2.34. The van der Waals surface area contributed by atoms with Crippen LogP contribution in [0.25, 0.3) is 0 Å². The zero-order chi connectivity index (χ0) is 13.0. The van der Waals surface area contributed by atoms with Gasteiger partial charge in [-0.05, 0) is 41.0 Å². The van der Waals surface area contributed by atoms with Gasteiger partial charge in [-0.1, -0.05) is 37.3 Å². The third-order valence-corrected chi connectivity index (χ3v) is 3.96. The van der Waals surface area contributed by atoms with Gasteiger partial charge >= 0.3 is 0 Å². The quantitative estimate of drug-likeness (QED) is 0.880. The molecule has 0 aliphatic heterocycles. The summed E-state index contributed by atoms with van der Waals surface area (Å²) < 4.78 is 6.64. The molecule has 0 aliphatic carbocycles. The molecule has 0 spiro atoms. The second-order valence-electron chi connectivity index (χ2n) is 4.32. The first-order valence-corrected chi connectivity index (χ1v) is 7.02. The van der Waals surface area contributed by atoms with Crippen LogP contribution in [0.4, 0.5) is 0 Å². The van der Waals surface area contributed by atoms with Crippen LogP contribution in [0.3, 0.4) is 0 Å². The highest BCUT2D eigenvalue weighted by Gasteiger charge is 2.26. The Morgan fingerprint density at radius 2 is 1.94 bits per heavy atom. The van der Waals surface area contributed by atoms with Crippen molar-refractivity contribution in [1.29, 1.82) is 0 Å². The van der Waals surface area contributed by atoms with E-state index in [1.807, 2.05) is 19.2 Å². The van der Waals surface area contributed by atoms with E-state index in [2.05, 4.69) is 52.4 Å². The predicted octanol–water partition coefficient (Wildman–Crippen LogP) is 4.50. The lowest BCUT2D eigenvalue weighted by Crippen LogP contribution is -2.23. The highest BCUT2D eigenvalue weighted by molar-refractivity contribution is 9.10. The lowest BCUT2D eigenvalue weighted by atomic mass is 9.88. The van der Waals surface area contributed by atoms with Crippen LogP contribution in [0.2, 0.25) is 0 Å². The van der Waals surface area contributed by atoms with E-state index < -0.39 is 0 Å². The Morgan fingerprint density at radius 3 is 2.44 bits per heavy atom. The molecule has 1 aromatic carbocycles. The summed E-state index contributed by atoms with van der Waals surface area (Å²) in [7, 11) is 1.98. The van der Waals surface area contributed by atoms with Crippen molar-refractivity contribution in [3.63, 3.8) is 0 Å². The van der Waals surface area contributed by atoms with E-state index in [1.54, 1.807) is 6.26 Å². The van der Waals surface area contributed by atoms with Crippen LogP contribution >= 0.6 is 15.9 Å². The van der Waals surface area contributed by atoms with Crippen LogP contribution in [0.5, 0.6) is 0 Å². The number of rotatable bonds is 5. The van der Waals surface area contributed by atoms with Gasteiger partial charge in [0.1, 0.15) is 5.76 Å². The van der Waals surface area contributed by atoms with E-state index in [0.717, 1.165) is 16.7 Å². The van der Waals surface area contributed by atoms with Gasteiger partial charge in [0.2, 0.25) is 0 Å². The first kappa shape index (κ1) is 13.4. The maximum Gasteiger partial charge on any atom is 0.135 e. The first-order valence-electron chi connectivity index (χ1n) is 6.23. The van der Waals surface area contributed by atoms with Gasteiger partial charge in [-0.15, -0.1) is 0 Å². The van der Waals surface area contributed by atoms with Crippen LogP contribution in [-0.4, -0.2) is 7.05 Å². The monoisotopic (exact) mass is 307 g/mol. The summed E-state index contributed by atoms with van der Waals surface area (Å²) in [5.41, 5.74) is 1.34. The van der Waals surface area contributed by atoms with Gasteiger partial charge in [-0.2, -0.15) is 0 Å². The van der Waals surface area contributed by atoms with E-state index in [-0.39, 0.29) is 6.04 Å².